The van der Waals surface area contributed by atoms with Gasteiger partial charge >= 0.3 is 0 Å². The van der Waals surface area contributed by atoms with Crippen molar-refractivity contribution in [1.82, 2.24) is 25.0 Å². The van der Waals surface area contributed by atoms with Crippen molar-refractivity contribution in [3.05, 3.63) is 41.5 Å². The normalized spacial score (nSPS) is 15.9. The Hall–Kier alpha value is -1.93. The van der Waals surface area contributed by atoms with E-state index in [-0.39, 0.29) is 17.1 Å². The molecule has 6 nitrogen and oxygen atoms in total. The number of aromatic nitrogens is 3. The first-order valence-electron chi connectivity index (χ1n) is 9.12. The molecule has 0 spiro atoms. The number of hydrogen-bond donors (Lipinski definition) is 1. The zero-order valence-corrected chi connectivity index (χ0v) is 16.9. The summed E-state index contributed by atoms with van der Waals surface area (Å²) < 4.78 is 13.8. The predicted molar refractivity (Wildman–Crippen MR) is 104 cm³/mol. The minimum atomic E-state index is -0.173. The molecule has 1 amide bonds. The van der Waals surface area contributed by atoms with Crippen molar-refractivity contribution in [3.8, 4) is 0 Å². The van der Waals surface area contributed by atoms with E-state index in [1.54, 1.807) is 6.07 Å². The number of piperazine rings is 1. The average Bonchev–Trinajstić information content (AvgIpc) is 3.12. The first-order chi connectivity index (χ1) is 12.8. The first kappa shape index (κ1) is 19.8. The Labute approximate surface area is 163 Å². The molecular weight excluding hydrogens is 365 g/mol. The van der Waals surface area contributed by atoms with Gasteiger partial charge in [0.15, 0.2) is 0 Å². The fourth-order valence-corrected chi connectivity index (χ4v) is 3.59. The van der Waals surface area contributed by atoms with Gasteiger partial charge in [-0.15, -0.1) is 5.10 Å². The summed E-state index contributed by atoms with van der Waals surface area (Å²) >= 11 is 1.36. The molecule has 1 aliphatic heterocycles. The maximum atomic E-state index is 13.8. The number of benzene rings is 1. The number of aromatic amines is 1. The quantitative estimate of drug-likeness (QED) is 0.794. The minimum Gasteiger partial charge on any atom is -0.339 e. The van der Waals surface area contributed by atoms with E-state index in [9.17, 15) is 9.18 Å². The number of nitrogens with zero attached hydrogens (tertiary/aromatic N) is 4. The summed E-state index contributed by atoms with van der Waals surface area (Å²) in [5, 5.41) is 7.72. The summed E-state index contributed by atoms with van der Waals surface area (Å²) in [6.45, 7) is 9.59. The molecule has 8 heteroatoms. The topological polar surface area (TPSA) is 65.1 Å². The summed E-state index contributed by atoms with van der Waals surface area (Å²) in [6.07, 6.45) is 0. The minimum absolute atomic E-state index is 0.0904. The molecule has 1 saturated heterocycles. The van der Waals surface area contributed by atoms with Gasteiger partial charge in [0.2, 0.25) is 11.1 Å². The number of halogens is 1. The fourth-order valence-electron chi connectivity index (χ4n) is 2.89. The molecule has 1 fully saturated rings. The number of nitrogens with one attached hydrogen (secondary N) is 1. The molecule has 1 aromatic heterocycles. The number of amides is 1. The number of hydrogen-bond acceptors (Lipinski definition) is 5. The van der Waals surface area contributed by atoms with Crippen molar-refractivity contribution in [1.29, 1.82) is 0 Å². The van der Waals surface area contributed by atoms with Crippen molar-refractivity contribution < 1.29 is 9.18 Å². The molecule has 146 valence electrons. The molecule has 0 saturated carbocycles. The highest BCUT2D eigenvalue weighted by molar-refractivity contribution is 7.99. The highest BCUT2D eigenvalue weighted by Crippen LogP contribution is 2.21. The zero-order valence-electron chi connectivity index (χ0n) is 16.0. The first-order valence-corrected chi connectivity index (χ1v) is 10.1. The molecule has 0 atom stereocenters. The summed E-state index contributed by atoms with van der Waals surface area (Å²) in [7, 11) is 0. The van der Waals surface area contributed by atoms with Crippen LogP contribution in [0.3, 0.4) is 0 Å². The molecular formula is C19H26FN5OS. The molecule has 1 aromatic carbocycles. The molecule has 2 aromatic rings. The standard InChI is InChI=1S/C19H26FN5OS/c1-19(2,3)17-21-18(23-22-17)27-13-16(26)25-10-8-24(9-11-25)12-14-6-4-5-7-15(14)20/h4-7H,8-13H2,1-3H3,(H,21,22,23). The second kappa shape index (κ2) is 8.39. The Kier molecular flexibility index (Phi) is 6.16. The monoisotopic (exact) mass is 391 g/mol. The maximum absolute atomic E-state index is 13.8. The predicted octanol–water partition coefficient (Wildman–Crippen LogP) is 2.68. The van der Waals surface area contributed by atoms with E-state index in [4.69, 9.17) is 0 Å². The summed E-state index contributed by atoms with van der Waals surface area (Å²) in [5.74, 6) is 1.06. The van der Waals surface area contributed by atoms with E-state index in [1.807, 2.05) is 17.0 Å². The van der Waals surface area contributed by atoms with Crippen LogP contribution < -0.4 is 0 Å². The number of H-pyrrole nitrogens is 1. The van der Waals surface area contributed by atoms with Gasteiger partial charge in [-0.25, -0.2) is 9.37 Å². The third-order valence-electron chi connectivity index (χ3n) is 4.58. The molecule has 27 heavy (non-hydrogen) atoms. The smallest absolute Gasteiger partial charge is 0.233 e. The Bertz CT molecular complexity index is 780. The zero-order chi connectivity index (χ0) is 19.4. The van der Waals surface area contributed by atoms with E-state index in [1.165, 1.54) is 17.8 Å². The number of carbonyl (C=O) groups excluding carboxylic acids is 1. The van der Waals surface area contributed by atoms with Crippen LogP contribution in [-0.4, -0.2) is 62.8 Å². The van der Waals surface area contributed by atoms with E-state index in [0.29, 0.717) is 36.1 Å². The van der Waals surface area contributed by atoms with E-state index >= 15 is 0 Å². The molecule has 3 rings (SSSR count). The largest absolute Gasteiger partial charge is 0.339 e. The van der Waals surface area contributed by atoms with E-state index in [2.05, 4.69) is 40.9 Å². The van der Waals surface area contributed by atoms with Gasteiger partial charge in [0.05, 0.1) is 5.75 Å². The summed E-state index contributed by atoms with van der Waals surface area (Å²) in [4.78, 5) is 20.9. The SMILES string of the molecule is CC(C)(C)c1nc(SCC(=O)N2CCN(Cc3ccccc3F)CC2)n[nH]1. The van der Waals surface area contributed by atoms with Crippen LogP contribution in [-0.2, 0) is 16.8 Å². The van der Waals surface area contributed by atoms with Crippen LogP contribution in [0.2, 0.25) is 0 Å². The van der Waals surface area contributed by atoms with Gasteiger partial charge in [-0.05, 0) is 6.07 Å². The van der Waals surface area contributed by atoms with Gasteiger partial charge in [0.25, 0.3) is 0 Å². The van der Waals surface area contributed by atoms with Gasteiger partial charge in [-0.3, -0.25) is 14.8 Å². The molecule has 1 aliphatic rings. The number of thioether (sulfide) groups is 1. The van der Waals surface area contributed by atoms with Gasteiger partial charge in [-0.2, -0.15) is 0 Å². The molecule has 0 unspecified atom stereocenters. The number of rotatable bonds is 5. The van der Waals surface area contributed by atoms with Crippen molar-refractivity contribution in [3.63, 3.8) is 0 Å². The third-order valence-corrected chi connectivity index (χ3v) is 5.41. The molecule has 2 heterocycles. The highest BCUT2D eigenvalue weighted by Gasteiger charge is 2.23. The second-order valence-corrected chi connectivity index (χ2v) is 8.70. The van der Waals surface area contributed by atoms with Crippen molar-refractivity contribution in [2.45, 2.75) is 37.9 Å². The van der Waals surface area contributed by atoms with Crippen molar-refractivity contribution >= 4 is 17.7 Å². The Morgan fingerprint density at radius 1 is 1.22 bits per heavy atom. The van der Waals surface area contributed by atoms with E-state index < -0.39 is 0 Å². The highest BCUT2D eigenvalue weighted by atomic mass is 32.2. The van der Waals surface area contributed by atoms with Gasteiger partial charge in [0, 0.05) is 43.7 Å². The Morgan fingerprint density at radius 2 is 1.93 bits per heavy atom. The molecule has 1 N–H and O–H groups in total. The fraction of sp³-hybridized carbons (Fsp3) is 0.526. The van der Waals surface area contributed by atoms with Crippen LogP contribution in [0.1, 0.15) is 32.2 Å². The molecule has 0 bridgehead atoms. The van der Waals surface area contributed by atoms with Crippen LogP contribution in [0, 0.1) is 5.82 Å². The summed E-state index contributed by atoms with van der Waals surface area (Å²) in [5.41, 5.74) is 0.608. The van der Waals surface area contributed by atoms with Crippen molar-refractivity contribution in [2.24, 2.45) is 0 Å². The second-order valence-electron chi connectivity index (χ2n) is 7.75. The van der Waals surface area contributed by atoms with E-state index in [0.717, 1.165) is 18.9 Å². The van der Waals surface area contributed by atoms with Gasteiger partial charge < -0.3 is 4.90 Å². The lowest BCUT2D eigenvalue weighted by molar-refractivity contribution is -0.130. The van der Waals surface area contributed by atoms with Gasteiger partial charge in [-0.1, -0.05) is 50.7 Å². The summed E-state index contributed by atoms with van der Waals surface area (Å²) in [6, 6.07) is 6.85. The number of carbonyl (C=O) groups is 1. The van der Waals surface area contributed by atoms with Gasteiger partial charge in [0.1, 0.15) is 11.6 Å². The third kappa shape index (κ3) is 5.29. The van der Waals surface area contributed by atoms with Crippen LogP contribution in [0.25, 0.3) is 0 Å². The van der Waals surface area contributed by atoms with Crippen molar-refractivity contribution in [2.75, 3.05) is 31.9 Å². The Morgan fingerprint density at radius 3 is 2.56 bits per heavy atom. The molecule has 0 aliphatic carbocycles. The molecule has 0 radical (unpaired) electrons. The van der Waals surface area contributed by atoms with Crippen LogP contribution >= 0.6 is 11.8 Å². The Balaban J connectivity index is 1.44. The average molecular weight is 392 g/mol. The lowest BCUT2D eigenvalue weighted by atomic mass is 9.96. The van der Waals surface area contributed by atoms with Crippen LogP contribution in [0.4, 0.5) is 4.39 Å². The van der Waals surface area contributed by atoms with Crippen LogP contribution in [0.5, 0.6) is 0 Å². The lowest BCUT2D eigenvalue weighted by Crippen LogP contribution is -2.48. The maximum Gasteiger partial charge on any atom is 0.233 e. The lowest BCUT2D eigenvalue weighted by Gasteiger charge is -2.34. The van der Waals surface area contributed by atoms with Crippen LogP contribution in [0.15, 0.2) is 29.4 Å².